The Balaban J connectivity index is 1.86. The molecule has 24 heavy (non-hydrogen) atoms. The Morgan fingerprint density at radius 2 is 1.83 bits per heavy atom. The predicted octanol–water partition coefficient (Wildman–Crippen LogP) is 3.34. The van der Waals surface area contributed by atoms with Crippen LogP contribution in [0.15, 0.2) is 42.5 Å². The molecule has 2 atom stereocenters. The number of aliphatic hydroxyl groups excluding tert-OH is 1. The predicted molar refractivity (Wildman–Crippen MR) is 93.9 cm³/mol. The molecule has 3 rings (SSSR count). The molecule has 2 N–H and O–H groups in total. The lowest BCUT2D eigenvalue weighted by Crippen LogP contribution is -2.22. The van der Waals surface area contributed by atoms with Crippen LogP contribution in [-0.4, -0.2) is 23.4 Å². The highest BCUT2D eigenvalue weighted by atomic mass is 16.3. The van der Waals surface area contributed by atoms with E-state index in [1.54, 1.807) is 6.92 Å². The van der Waals surface area contributed by atoms with E-state index in [1.807, 2.05) is 36.4 Å². The number of ketones is 1. The van der Waals surface area contributed by atoms with Gasteiger partial charge in [-0.05, 0) is 41.3 Å². The Bertz CT molecular complexity index is 797. The molecular formula is C20H21NO3. The normalized spacial score (nSPS) is 16.2. The van der Waals surface area contributed by atoms with E-state index in [4.69, 9.17) is 0 Å². The summed E-state index contributed by atoms with van der Waals surface area (Å²) < 4.78 is 0. The van der Waals surface area contributed by atoms with Crippen molar-refractivity contribution in [2.45, 2.75) is 26.2 Å². The van der Waals surface area contributed by atoms with Crippen molar-refractivity contribution < 1.29 is 14.7 Å². The van der Waals surface area contributed by atoms with Gasteiger partial charge >= 0.3 is 0 Å². The van der Waals surface area contributed by atoms with Crippen LogP contribution in [-0.2, 0) is 9.59 Å². The van der Waals surface area contributed by atoms with E-state index in [9.17, 15) is 14.7 Å². The summed E-state index contributed by atoms with van der Waals surface area (Å²) in [5.41, 5.74) is 5.06. The number of carbonyl (C=O) groups is 2. The standard InChI is InChI=1S/C20H21NO3/c1-12(9-13(2)23)20(24)21-14-7-8-17-15-5-3-4-6-16(15)19(11-22)18(17)10-14/h3-8,10,12,19,22H,9,11H2,1-2H3,(H,21,24). The first kappa shape index (κ1) is 16.4. The first-order valence-corrected chi connectivity index (χ1v) is 8.15. The Kier molecular flexibility index (Phi) is 4.49. The van der Waals surface area contributed by atoms with Gasteiger partial charge in [0.1, 0.15) is 5.78 Å². The van der Waals surface area contributed by atoms with Gasteiger partial charge in [0.25, 0.3) is 0 Å². The highest BCUT2D eigenvalue weighted by Crippen LogP contribution is 2.45. The Hall–Kier alpha value is -2.46. The fourth-order valence-corrected chi connectivity index (χ4v) is 3.37. The van der Waals surface area contributed by atoms with E-state index < -0.39 is 0 Å². The summed E-state index contributed by atoms with van der Waals surface area (Å²) in [6, 6.07) is 13.8. The number of amides is 1. The maximum Gasteiger partial charge on any atom is 0.227 e. The van der Waals surface area contributed by atoms with Crippen LogP contribution in [0.25, 0.3) is 11.1 Å². The molecule has 1 amide bonds. The SMILES string of the molecule is CC(=O)CC(C)C(=O)Nc1ccc2c(c1)C(CO)c1ccccc1-2. The second kappa shape index (κ2) is 6.57. The third kappa shape index (κ3) is 2.97. The summed E-state index contributed by atoms with van der Waals surface area (Å²) in [6.45, 7) is 3.26. The molecular weight excluding hydrogens is 302 g/mol. The number of benzene rings is 2. The van der Waals surface area contributed by atoms with Gasteiger partial charge in [0.05, 0.1) is 6.61 Å². The van der Waals surface area contributed by atoms with Gasteiger partial charge in [-0.15, -0.1) is 0 Å². The Morgan fingerprint density at radius 3 is 2.54 bits per heavy atom. The summed E-state index contributed by atoms with van der Waals surface area (Å²) in [6.07, 6.45) is 0.238. The van der Waals surface area contributed by atoms with Crippen molar-refractivity contribution in [3.8, 4) is 11.1 Å². The molecule has 0 radical (unpaired) electrons. The first-order valence-electron chi connectivity index (χ1n) is 8.15. The van der Waals surface area contributed by atoms with E-state index >= 15 is 0 Å². The van der Waals surface area contributed by atoms with Gasteiger partial charge in [0.15, 0.2) is 0 Å². The van der Waals surface area contributed by atoms with Crippen LogP contribution >= 0.6 is 0 Å². The smallest absolute Gasteiger partial charge is 0.227 e. The van der Waals surface area contributed by atoms with Gasteiger partial charge in [-0.3, -0.25) is 4.79 Å². The number of hydrogen-bond acceptors (Lipinski definition) is 3. The summed E-state index contributed by atoms with van der Waals surface area (Å²) in [5.74, 6) is -0.590. The van der Waals surface area contributed by atoms with Crippen LogP contribution < -0.4 is 5.32 Å². The monoisotopic (exact) mass is 323 g/mol. The molecule has 2 aromatic carbocycles. The lowest BCUT2D eigenvalue weighted by Gasteiger charge is -2.14. The summed E-state index contributed by atoms with van der Waals surface area (Å²) in [7, 11) is 0. The third-order valence-electron chi connectivity index (χ3n) is 4.54. The number of nitrogens with one attached hydrogen (secondary N) is 1. The molecule has 0 saturated carbocycles. The molecule has 1 aliphatic rings. The quantitative estimate of drug-likeness (QED) is 0.887. The molecule has 0 bridgehead atoms. The van der Waals surface area contributed by atoms with Crippen molar-refractivity contribution in [1.82, 2.24) is 0 Å². The molecule has 4 nitrogen and oxygen atoms in total. The molecule has 1 aliphatic carbocycles. The van der Waals surface area contributed by atoms with E-state index in [0.29, 0.717) is 5.69 Å². The second-order valence-electron chi connectivity index (χ2n) is 6.42. The Labute approximate surface area is 141 Å². The summed E-state index contributed by atoms with van der Waals surface area (Å²) >= 11 is 0. The van der Waals surface area contributed by atoms with Crippen molar-refractivity contribution in [3.05, 3.63) is 53.6 Å². The van der Waals surface area contributed by atoms with Crippen LogP contribution in [0, 0.1) is 5.92 Å². The number of carbonyl (C=O) groups excluding carboxylic acids is 2. The molecule has 124 valence electrons. The van der Waals surface area contributed by atoms with Crippen LogP contribution in [0.3, 0.4) is 0 Å². The van der Waals surface area contributed by atoms with Gasteiger partial charge in [-0.2, -0.15) is 0 Å². The van der Waals surface area contributed by atoms with Gasteiger partial charge in [-0.1, -0.05) is 37.3 Å². The number of aliphatic hydroxyl groups is 1. The zero-order valence-corrected chi connectivity index (χ0v) is 13.9. The van der Waals surface area contributed by atoms with Gasteiger partial charge in [0, 0.05) is 23.9 Å². The van der Waals surface area contributed by atoms with Crippen molar-refractivity contribution >= 4 is 17.4 Å². The van der Waals surface area contributed by atoms with E-state index in [2.05, 4.69) is 11.4 Å². The molecule has 4 heteroatoms. The van der Waals surface area contributed by atoms with Crippen LogP contribution in [0.2, 0.25) is 0 Å². The average molecular weight is 323 g/mol. The second-order valence-corrected chi connectivity index (χ2v) is 6.42. The maximum absolute atomic E-state index is 12.2. The molecule has 2 unspecified atom stereocenters. The molecule has 0 spiro atoms. The van der Waals surface area contributed by atoms with Crippen LogP contribution in [0.4, 0.5) is 5.69 Å². The molecule has 2 aromatic rings. The molecule has 0 saturated heterocycles. The fourth-order valence-electron chi connectivity index (χ4n) is 3.37. The van der Waals surface area contributed by atoms with Gasteiger partial charge in [-0.25, -0.2) is 0 Å². The maximum atomic E-state index is 12.2. The van der Waals surface area contributed by atoms with Crippen molar-refractivity contribution in [2.24, 2.45) is 5.92 Å². The van der Waals surface area contributed by atoms with Crippen LogP contribution in [0.5, 0.6) is 0 Å². The van der Waals surface area contributed by atoms with E-state index in [-0.39, 0.29) is 36.6 Å². The zero-order valence-electron chi connectivity index (χ0n) is 13.9. The molecule has 0 fully saturated rings. The minimum atomic E-state index is -0.360. The fraction of sp³-hybridized carbons (Fsp3) is 0.300. The number of anilines is 1. The minimum Gasteiger partial charge on any atom is -0.395 e. The van der Waals surface area contributed by atoms with E-state index in [1.165, 1.54) is 6.92 Å². The minimum absolute atomic E-state index is 0.00222. The molecule has 0 aromatic heterocycles. The van der Waals surface area contributed by atoms with Gasteiger partial charge in [0.2, 0.25) is 5.91 Å². The lowest BCUT2D eigenvalue weighted by atomic mass is 9.97. The van der Waals surface area contributed by atoms with E-state index in [0.717, 1.165) is 22.3 Å². The Morgan fingerprint density at radius 1 is 1.12 bits per heavy atom. The third-order valence-corrected chi connectivity index (χ3v) is 4.54. The number of hydrogen-bond donors (Lipinski definition) is 2. The topological polar surface area (TPSA) is 66.4 Å². The lowest BCUT2D eigenvalue weighted by molar-refractivity contribution is -0.124. The zero-order chi connectivity index (χ0) is 17.3. The summed E-state index contributed by atoms with van der Waals surface area (Å²) in [5, 5.41) is 12.7. The first-order chi connectivity index (χ1) is 11.5. The number of Topliss-reactive ketones (excluding diaryl/α,β-unsaturated/α-hetero) is 1. The highest BCUT2D eigenvalue weighted by molar-refractivity contribution is 5.95. The largest absolute Gasteiger partial charge is 0.395 e. The molecule has 0 aliphatic heterocycles. The molecule has 0 heterocycles. The van der Waals surface area contributed by atoms with Crippen molar-refractivity contribution in [3.63, 3.8) is 0 Å². The van der Waals surface area contributed by atoms with Crippen molar-refractivity contribution in [2.75, 3.05) is 11.9 Å². The summed E-state index contributed by atoms with van der Waals surface area (Å²) in [4.78, 5) is 23.4. The van der Waals surface area contributed by atoms with Crippen LogP contribution in [0.1, 0.15) is 37.3 Å². The highest BCUT2D eigenvalue weighted by Gasteiger charge is 2.28. The number of fused-ring (bicyclic) bond motifs is 3. The van der Waals surface area contributed by atoms with Crippen molar-refractivity contribution in [1.29, 1.82) is 0 Å². The number of rotatable bonds is 5. The average Bonchev–Trinajstić information content (AvgIpc) is 2.87. The van der Waals surface area contributed by atoms with Gasteiger partial charge < -0.3 is 15.2 Å².